The second-order valence-corrected chi connectivity index (χ2v) is 8.96. The van der Waals surface area contributed by atoms with E-state index in [1.54, 1.807) is 11.3 Å². The lowest BCUT2D eigenvalue weighted by molar-refractivity contribution is -0.142. The van der Waals surface area contributed by atoms with Gasteiger partial charge in [0.2, 0.25) is 5.91 Å². The summed E-state index contributed by atoms with van der Waals surface area (Å²) in [5.74, 6) is 1.54. The molecular weight excluding hydrogens is 306 g/mol. The van der Waals surface area contributed by atoms with Crippen LogP contribution in [0.5, 0.6) is 0 Å². The van der Waals surface area contributed by atoms with E-state index in [9.17, 15) is 4.79 Å². The van der Waals surface area contributed by atoms with Crippen LogP contribution in [-0.4, -0.2) is 46.9 Å². The van der Waals surface area contributed by atoms with E-state index in [-0.39, 0.29) is 0 Å². The average molecular weight is 334 g/mol. The van der Waals surface area contributed by atoms with Crippen LogP contribution in [0.15, 0.2) is 11.6 Å². The third-order valence-corrected chi connectivity index (χ3v) is 6.98. The van der Waals surface area contributed by atoms with E-state index in [0.29, 0.717) is 17.2 Å². The smallest absolute Gasteiger partial charge is 0.225 e. The van der Waals surface area contributed by atoms with Crippen LogP contribution < -0.4 is 0 Å². The van der Waals surface area contributed by atoms with Crippen molar-refractivity contribution in [3.05, 3.63) is 16.6 Å². The van der Waals surface area contributed by atoms with Crippen LogP contribution in [0.1, 0.15) is 44.0 Å². The van der Waals surface area contributed by atoms with Crippen molar-refractivity contribution in [3.8, 4) is 0 Å². The topological polar surface area (TPSA) is 36.4 Å². The number of hydrogen-bond acceptors (Lipinski definition) is 4. The van der Waals surface area contributed by atoms with E-state index in [4.69, 9.17) is 0 Å². The molecule has 1 aromatic rings. The molecule has 0 aromatic carbocycles. The van der Waals surface area contributed by atoms with Crippen LogP contribution in [0, 0.1) is 17.3 Å². The molecule has 1 spiro atoms. The Balaban J connectivity index is 1.28. The molecule has 23 heavy (non-hydrogen) atoms. The van der Waals surface area contributed by atoms with Gasteiger partial charge in [-0.15, -0.1) is 11.3 Å². The molecule has 4 rings (SSSR count). The van der Waals surface area contributed by atoms with Gasteiger partial charge in [0, 0.05) is 37.1 Å². The van der Waals surface area contributed by atoms with Crippen LogP contribution >= 0.6 is 11.3 Å². The number of hydrogen-bond donors (Lipinski definition) is 0. The minimum atomic E-state index is 0.337. The molecule has 1 aliphatic carbocycles. The van der Waals surface area contributed by atoms with Gasteiger partial charge in [0.15, 0.2) is 0 Å². The first-order chi connectivity index (χ1) is 11.1. The van der Waals surface area contributed by atoms with Gasteiger partial charge >= 0.3 is 0 Å². The summed E-state index contributed by atoms with van der Waals surface area (Å²) in [4.78, 5) is 21.6. The number of carbonyl (C=O) groups excluding carboxylic acids is 1. The molecule has 1 aromatic heterocycles. The van der Waals surface area contributed by atoms with Gasteiger partial charge in [-0.1, -0.05) is 6.92 Å². The molecule has 0 radical (unpaired) electrons. The lowest BCUT2D eigenvalue weighted by atomic mass is 9.74. The van der Waals surface area contributed by atoms with Crippen molar-refractivity contribution < 1.29 is 4.79 Å². The summed E-state index contributed by atoms with van der Waals surface area (Å²) in [5, 5.41) is 3.29. The number of thiazole rings is 1. The lowest BCUT2D eigenvalue weighted by Gasteiger charge is -2.42. The first-order valence-corrected chi connectivity index (χ1v) is 9.91. The second-order valence-electron chi connectivity index (χ2n) is 7.99. The van der Waals surface area contributed by atoms with Crippen LogP contribution in [-0.2, 0) is 11.3 Å². The number of carbonyl (C=O) groups is 1. The highest BCUT2D eigenvalue weighted by molar-refractivity contribution is 7.09. The third kappa shape index (κ3) is 3.18. The van der Waals surface area contributed by atoms with Crippen LogP contribution in [0.3, 0.4) is 0 Å². The molecule has 3 aliphatic rings. The molecule has 0 bridgehead atoms. The largest absolute Gasteiger partial charge is 0.342 e. The summed E-state index contributed by atoms with van der Waals surface area (Å²) in [5.41, 5.74) is 0.459. The minimum Gasteiger partial charge on any atom is -0.342 e. The summed E-state index contributed by atoms with van der Waals surface area (Å²) in [6.45, 7) is 7.60. The minimum absolute atomic E-state index is 0.337. The fraction of sp³-hybridized carbons (Fsp3) is 0.778. The zero-order chi connectivity index (χ0) is 15.9. The molecule has 3 fully saturated rings. The monoisotopic (exact) mass is 333 g/mol. The highest BCUT2D eigenvalue weighted by Gasteiger charge is 2.43. The van der Waals surface area contributed by atoms with E-state index in [1.807, 2.05) is 6.20 Å². The van der Waals surface area contributed by atoms with Crippen molar-refractivity contribution in [2.75, 3.05) is 26.2 Å². The summed E-state index contributed by atoms with van der Waals surface area (Å²) < 4.78 is 0. The highest BCUT2D eigenvalue weighted by Crippen LogP contribution is 2.42. The van der Waals surface area contributed by atoms with Crippen molar-refractivity contribution in [3.63, 3.8) is 0 Å². The number of nitrogens with zero attached hydrogens (tertiary/aromatic N) is 3. The van der Waals surface area contributed by atoms with Gasteiger partial charge < -0.3 is 4.90 Å². The Labute approximate surface area is 142 Å². The van der Waals surface area contributed by atoms with Crippen LogP contribution in [0.4, 0.5) is 0 Å². The van der Waals surface area contributed by atoms with Crippen molar-refractivity contribution in [2.24, 2.45) is 17.3 Å². The Kier molecular flexibility index (Phi) is 4.18. The van der Waals surface area contributed by atoms with Crippen LogP contribution in [0.2, 0.25) is 0 Å². The fourth-order valence-corrected chi connectivity index (χ4v) is 5.31. The third-order valence-electron chi connectivity index (χ3n) is 6.22. The maximum absolute atomic E-state index is 12.5. The van der Waals surface area contributed by atoms with Crippen molar-refractivity contribution in [2.45, 2.75) is 45.6 Å². The fourth-order valence-electron chi connectivity index (χ4n) is 4.66. The predicted molar refractivity (Wildman–Crippen MR) is 92.1 cm³/mol. The Bertz CT molecular complexity index is 545. The van der Waals surface area contributed by atoms with Crippen molar-refractivity contribution >= 4 is 17.2 Å². The van der Waals surface area contributed by atoms with Crippen molar-refractivity contribution in [1.29, 1.82) is 0 Å². The van der Waals surface area contributed by atoms with Gasteiger partial charge in [-0.25, -0.2) is 4.98 Å². The maximum Gasteiger partial charge on any atom is 0.225 e. The maximum atomic E-state index is 12.5. The number of piperidine rings is 1. The van der Waals surface area contributed by atoms with E-state index in [0.717, 1.165) is 38.4 Å². The van der Waals surface area contributed by atoms with E-state index >= 15 is 0 Å². The Morgan fingerprint density at radius 3 is 2.70 bits per heavy atom. The SMILES string of the molecule is CC1CC(C(=O)N2CCC3(CCN(Cc4nccs4)C3)CC2)C1. The van der Waals surface area contributed by atoms with Gasteiger partial charge in [-0.2, -0.15) is 0 Å². The Morgan fingerprint density at radius 1 is 1.30 bits per heavy atom. The van der Waals surface area contributed by atoms with Gasteiger partial charge in [-0.05, 0) is 50.0 Å². The normalized spacial score (nSPS) is 30.6. The molecule has 1 saturated carbocycles. The molecule has 2 saturated heterocycles. The molecule has 0 N–H and O–H groups in total. The molecule has 126 valence electrons. The molecule has 4 nitrogen and oxygen atoms in total. The second kappa shape index (κ2) is 6.17. The Morgan fingerprint density at radius 2 is 2.04 bits per heavy atom. The first-order valence-electron chi connectivity index (χ1n) is 9.03. The van der Waals surface area contributed by atoms with Crippen molar-refractivity contribution in [1.82, 2.24) is 14.8 Å². The average Bonchev–Trinajstić information content (AvgIpc) is 3.16. The lowest BCUT2D eigenvalue weighted by Crippen LogP contribution is -2.48. The molecule has 5 heteroatoms. The zero-order valence-corrected chi connectivity index (χ0v) is 14.9. The highest BCUT2D eigenvalue weighted by atomic mass is 32.1. The molecule has 3 heterocycles. The summed E-state index contributed by atoms with van der Waals surface area (Å²) >= 11 is 1.76. The molecule has 2 aliphatic heterocycles. The standard InChI is InChI=1S/C18H27N3OS/c1-14-10-15(11-14)17(22)21-7-3-18(4-8-21)2-6-20(13-18)12-16-19-5-9-23-16/h5,9,14-15H,2-4,6-8,10-13H2,1H3. The molecular formula is C18H27N3OS. The summed E-state index contributed by atoms with van der Waals surface area (Å²) in [6.07, 6.45) is 7.80. The number of amides is 1. The predicted octanol–water partition coefficient (Wildman–Crippen LogP) is 3.00. The van der Waals surface area contributed by atoms with Gasteiger partial charge in [0.05, 0.1) is 6.54 Å². The number of rotatable bonds is 3. The molecule has 0 atom stereocenters. The van der Waals surface area contributed by atoms with E-state index in [2.05, 4.69) is 27.1 Å². The van der Waals surface area contributed by atoms with Crippen LogP contribution in [0.25, 0.3) is 0 Å². The molecule has 1 amide bonds. The summed E-state index contributed by atoms with van der Waals surface area (Å²) in [7, 11) is 0. The Hall–Kier alpha value is -0.940. The van der Waals surface area contributed by atoms with Gasteiger partial charge in [0.1, 0.15) is 5.01 Å². The number of aromatic nitrogens is 1. The summed E-state index contributed by atoms with van der Waals surface area (Å²) in [6, 6.07) is 0. The van der Waals surface area contributed by atoms with E-state index in [1.165, 1.54) is 37.4 Å². The van der Waals surface area contributed by atoms with E-state index < -0.39 is 0 Å². The quantitative estimate of drug-likeness (QED) is 0.853. The number of likely N-dealkylation sites (tertiary alicyclic amines) is 2. The zero-order valence-electron chi connectivity index (χ0n) is 14.0. The molecule has 0 unspecified atom stereocenters. The van der Waals surface area contributed by atoms with Gasteiger partial charge in [0.25, 0.3) is 0 Å². The van der Waals surface area contributed by atoms with Gasteiger partial charge in [-0.3, -0.25) is 9.69 Å². The first kappa shape index (κ1) is 15.6.